The summed E-state index contributed by atoms with van der Waals surface area (Å²) in [5, 5.41) is 16.3. The molecular weight excluding hydrogens is 430 g/mol. The summed E-state index contributed by atoms with van der Waals surface area (Å²) in [6, 6.07) is 15.5. The van der Waals surface area contributed by atoms with E-state index in [0.717, 1.165) is 48.9 Å². The Labute approximate surface area is 198 Å². The molecule has 0 bridgehead atoms. The van der Waals surface area contributed by atoms with Gasteiger partial charge in [0, 0.05) is 68.0 Å². The van der Waals surface area contributed by atoms with Crippen LogP contribution in [0, 0.1) is 11.3 Å². The number of nitrogens with one attached hydrogen (secondary N) is 3. The molecule has 0 saturated carbocycles. The molecule has 34 heavy (non-hydrogen) atoms. The van der Waals surface area contributed by atoms with Crippen molar-refractivity contribution in [3.05, 3.63) is 59.8 Å². The van der Waals surface area contributed by atoms with Crippen LogP contribution in [0.4, 0.5) is 17.3 Å². The number of nitriles is 1. The molecule has 2 aliphatic heterocycles. The third kappa shape index (κ3) is 4.73. The predicted molar refractivity (Wildman–Crippen MR) is 130 cm³/mol. The number of ether oxygens (including phenoxy) is 1. The van der Waals surface area contributed by atoms with E-state index in [9.17, 15) is 10.1 Å². The summed E-state index contributed by atoms with van der Waals surface area (Å²) in [7, 11) is 0. The van der Waals surface area contributed by atoms with Gasteiger partial charge >= 0.3 is 0 Å². The standard InChI is InChI=1S/C25H27N7O2/c26-17-20-15-22(30-24(20)31-9-7-27-8-10-31)19-5-6-28-23(16-19)29-21-3-1-18(2-4-21)25(33)32-11-13-34-14-12-32/h1-6,15-16,27,30H,7-14H2,(H,28,29). The van der Waals surface area contributed by atoms with Crippen molar-refractivity contribution in [1.82, 2.24) is 20.2 Å². The highest BCUT2D eigenvalue weighted by atomic mass is 16.5. The summed E-state index contributed by atoms with van der Waals surface area (Å²) in [5.41, 5.74) is 3.96. The van der Waals surface area contributed by atoms with Gasteiger partial charge in [-0.05, 0) is 42.5 Å². The molecule has 2 saturated heterocycles. The van der Waals surface area contributed by atoms with Gasteiger partial charge in [-0.2, -0.15) is 5.26 Å². The van der Waals surface area contributed by atoms with Crippen molar-refractivity contribution < 1.29 is 9.53 Å². The smallest absolute Gasteiger partial charge is 0.254 e. The number of aromatic amines is 1. The van der Waals surface area contributed by atoms with Crippen molar-refractivity contribution in [2.24, 2.45) is 0 Å². The second-order valence-corrected chi connectivity index (χ2v) is 8.33. The van der Waals surface area contributed by atoms with Gasteiger partial charge in [-0.25, -0.2) is 4.98 Å². The Morgan fingerprint density at radius 3 is 2.56 bits per heavy atom. The quantitative estimate of drug-likeness (QED) is 0.540. The Morgan fingerprint density at radius 1 is 1.06 bits per heavy atom. The number of aromatic nitrogens is 2. The molecule has 1 aromatic carbocycles. The molecule has 9 heteroatoms. The fourth-order valence-electron chi connectivity index (χ4n) is 4.28. The molecule has 9 nitrogen and oxygen atoms in total. The lowest BCUT2D eigenvalue weighted by Gasteiger charge is -2.28. The van der Waals surface area contributed by atoms with E-state index in [1.54, 1.807) is 6.20 Å². The number of H-pyrrole nitrogens is 1. The fraction of sp³-hybridized carbons (Fsp3) is 0.320. The van der Waals surface area contributed by atoms with Crippen LogP contribution in [0.15, 0.2) is 48.7 Å². The van der Waals surface area contributed by atoms with Crippen LogP contribution in [0.5, 0.6) is 0 Å². The summed E-state index contributed by atoms with van der Waals surface area (Å²) in [6.07, 6.45) is 1.74. The van der Waals surface area contributed by atoms with Crippen LogP contribution >= 0.6 is 0 Å². The molecule has 0 radical (unpaired) electrons. The third-order valence-corrected chi connectivity index (χ3v) is 6.12. The van der Waals surface area contributed by atoms with E-state index < -0.39 is 0 Å². The minimum absolute atomic E-state index is 0.0234. The number of anilines is 3. The van der Waals surface area contributed by atoms with Crippen LogP contribution in [0.25, 0.3) is 11.3 Å². The monoisotopic (exact) mass is 457 g/mol. The zero-order valence-electron chi connectivity index (χ0n) is 18.9. The number of benzene rings is 1. The number of morpholine rings is 1. The first-order valence-corrected chi connectivity index (χ1v) is 11.5. The molecule has 2 aliphatic rings. The lowest BCUT2D eigenvalue weighted by atomic mass is 10.1. The number of amides is 1. The predicted octanol–water partition coefficient (Wildman–Crippen LogP) is 2.57. The largest absolute Gasteiger partial charge is 0.378 e. The first-order valence-electron chi connectivity index (χ1n) is 11.5. The van der Waals surface area contributed by atoms with Gasteiger partial charge in [0.1, 0.15) is 17.7 Å². The molecule has 3 N–H and O–H groups in total. The zero-order valence-corrected chi connectivity index (χ0v) is 18.9. The average Bonchev–Trinajstić information content (AvgIpc) is 3.35. The van der Waals surface area contributed by atoms with E-state index in [1.807, 2.05) is 47.4 Å². The minimum Gasteiger partial charge on any atom is -0.378 e. The Kier molecular flexibility index (Phi) is 6.42. The lowest BCUT2D eigenvalue weighted by Crippen LogP contribution is -2.44. The van der Waals surface area contributed by atoms with Gasteiger partial charge < -0.3 is 30.2 Å². The molecule has 1 amide bonds. The van der Waals surface area contributed by atoms with Crippen molar-refractivity contribution in [1.29, 1.82) is 5.26 Å². The summed E-state index contributed by atoms with van der Waals surface area (Å²) in [6.45, 7) is 5.94. The van der Waals surface area contributed by atoms with Gasteiger partial charge in [0.25, 0.3) is 5.91 Å². The molecule has 2 fully saturated rings. The van der Waals surface area contributed by atoms with E-state index in [4.69, 9.17) is 4.74 Å². The first kappa shape index (κ1) is 21.9. The fourth-order valence-corrected chi connectivity index (χ4v) is 4.28. The first-order chi connectivity index (χ1) is 16.7. The number of piperazine rings is 1. The van der Waals surface area contributed by atoms with E-state index in [1.165, 1.54) is 0 Å². The maximum Gasteiger partial charge on any atom is 0.254 e. The maximum atomic E-state index is 12.6. The van der Waals surface area contributed by atoms with Crippen LogP contribution in [0.2, 0.25) is 0 Å². The third-order valence-electron chi connectivity index (χ3n) is 6.12. The minimum atomic E-state index is 0.0234. The van der Waals surface area contributed by atoms with Gasteiger partial charge in [-0.3, -0.25) is 4.79 Å². The van der Waals surface area contributed by atoms with Gasteiger partial charge in [-0.15, -0.1) is 0 Å². The van der Waals surface area contributed by atoms with Crippen molar-refractivity contribution in [3.8, 4) is 17.3 Å². The van der Waals surface area contributed by atoms with Crippen LogP contribution in [-0.2, 0) is 4.74 Å². The summed E-state index contributed by atoms with van der Waals surface area (Å²) >= 11 is 0. The van der Waals surface area contributed by atoms with Crippen molar-refractivity contribution in [2.75, 3.05) is 62.7 Å². The Hall–Kier alpha value is -3.87. The number of nitrogens with zero attached hydrogens (tertiary/aromatic N) is 4. The number of rotatable bonds is 5. The van der Waals surface area contributed by atoms with E-state index >= 15 is 0 Å². The molecule has 0 spiro atoms. The highest BCUT2D eigenvalue weighted by molar-refractivity contribution is 5.94. The molecule has 3 aromatic rings. The van der Waals surface area contributed by atoms with Crippen LogP contribution in [0.1, 0.15) is 15.9 Å². The summed E-state index contributed by atoms with van der Waals surface area (Å²) < 4.78 is 5.32. The van der Waals surface area contributed by atoms with Gasteiger partial charge in [0.15, 0.2) is 0 Å². The molecule has 0 unspecified atom stereocenters. The zero-order chi connectivity index (χ0) is 23.3. The van der Waals surface area contributed by atoms with Gasteiger partial charge in [0.2, 0.25) is 0 Å². The van der Waals surface area contributed by atoms with Crippen molar-refractivity contribution in [3.63, 3.8) is 0 Å². The van der Waals surface area contributed by atoms with E-state index in [0.29, 0.717) is 43.2 Å². The average molecular weight is 458 g/mol. The van der Waals surface area contributed by atoms with Gasteiger partial charge in [0.05, 0.1) is 18.8 Å². The maximum absolute atomic E-state index is 12.6. The van der Waals surface area contributed by atoms with Crippen molar-refractivity contribution in [2.45, 2.75) is 0 Å². The summed E-state index contributed by atoms with van der Waals surface area (Å²) in [5.74, 6) is 1.57. The Bertz CT molecular complexity index is 1190. The molecule has 2 aromatic heterocycles. The second-order valence-electron chi connectivity index (χ2n) is 8.33. The highest BCUT2D eigenvalue weighted by Gasteiger charge is 2.19. The van der Waals surface area contributed by atoms with Gasteiger partial charge in [-0.1, -0.05) is 0 Å². The number of pyridine rings is 1. The molecular formula is C25H27N7O2. The van der Waals surface area contributed by atoms with E-state index in [2.05, 4.69) is 31.6 Å². The summed E-state index contributed by atoms with van der Waals surface area (Å²) in [4.78, 5) is 24.5. The number of carbonyl (C=O) groups excluding carboxylic acids is 1. The molecule has 0 atom stereocenters. The SMILES string of the molecule is N#Cc1cc(-c2ccnc(Nc3ccc(C(=O)N4CCOCC4)cc3)c2)[nH]c1N1CCNCC1. The molecule has 4 heterocycles. The highest BCUT2D eigenvalue weighted by Crippen LogP contribution is 2.29. The number of carbonyl (C=O) groups is 1. The topological polar surface area (TPSA) is 109 Å². The normalized spacial score (nSPS) is 16.2. The van der Waals surface area contributed by atoms with Crippen LogP contribution in [0.3, 0.4) is 0 Å². The molecule has 5 rings (SSSR count). The number of hydrogen-bond acceptors (Lipinski definition) is 7. The second kappa shape index (κ2) is 9.95. The lowest BCUT2D eigenvalue weighted by molar-refractivity contribution is 0.0303. The van der Waals surface area contributed by atoms with Crippen LogP contribution < -0.4 is 15.5 Å². The van der Waals surface area contributed by atoms with Crippen LogP contribution in [-0.4, -0.2) is 73.3 Å². The number of hydrogen-bond donors (Lipinski definition) is 3. The Morgan fingerprint density at radius 2 is 1.82 bits per heavy atom. The molecule has 0 aliphatic carbocycles. The Balaban J connectivity index is 1.30. The van der Waals surface area contributed by atoms with Crippen molar-refractivity contribution >= 4 is 23.2 Å². The van der Waals surface area contributed by atoms with E-state index in [-0.39, 0.29) is 5.91 Å². The molecule has 174 valence electrons.